The van der Waals surface area contributed by atoms with Gasteiger partial charge in [0.05, 0.1) is 37.2 Å². The van der Waals surface area contributed by atoms with Crippen molar-refractivity contribution in [2.24, 2.45) is 0 Å². The number of hydrogen-bond donors (Lipinski definition) is 0. The summed E-state index contributed by atoms with van der Waals surface area (Å²) in [7, 11) is 0. The molecule has 0 saturated heterocycles. The van der Waals surface area contributed by atoms with Crippen LogP contribution in [0, 0.1) is 6.57 Å². The van der Waals surface area contributed by atoms with Crippen molar-refractivity contribution in [3.63, 3.8) is 0 Å². The van der Waals surface area contributed by atoms with Crippen molar-refractivity contribution in [3.05, 3.63) is 47.6 Å². The summed E-state index contributed by atoms with van der Waals surface area (Å²) in [5.41, 5.74) is 1.49. The van der Waals surface area contributed by atoms with Gasteiger partial charge in [0.15, 0.2) is 0 Å². The molecule has 6 heteroatoms. The molecule has 0 aliphatic heterocycles. The number of benzene rings is 1. The van der Waals surface area contributed by atoms with E-state index in [4.69, 9.17) is 16.0 Å². The molecule has 1 aromatic heterocycles. The van der Waals surface area contributed by atoms with E-state index >= 15 is 0 Å². The molecule has 0 atom stereocenters. The van der Waals surface area contributed by atoms with Crippen molar-refractivity contribution in [2.75, 3.05) is 13.2 Å². The van der Waals surface area contributed by atoms with Crippen LogP contribution in [0.4, 0.5) is 5.69 Å². The third-order valence-electron chi connectivity index (χ3n) is 3.18. The van der Waals surface area contributed by atoms with Crippen LogP contribution in [0.5, 0.6) is 5.75 Å². The van der Waals surface area contributed by atoms with Gasteiger partial charge in [0, 0.05) is 6.20 Å². The van der Waals surface area contributed by atoms with Crippen LogP contribution >= 0.6 is 0 Å². The number of ether oxygens (including phenoxy) is 2. The maximum absolute atomic E-state index is 11.7. The zero-order chi connectivity index (χ0) is 16.7. The predicted octanol–water partition coefficient (Wildman–Crippen LogP) is 3.78. The minimum atomic E-state index is -0.413. The molecule has 0 unspecified atom stereocenters. The monoisotopic (exact) mass is 313 g/mol. The standard InChI is InChI=1S/C17H19N3O3/c1-4-6-9-23-16-8-7-14(10-15(16)18-3)20-12-13(11-19-20)17(21)22-5-2/h7-8,10-12H,4-6,9H2,1-2H3. The van der Waals surface area contributed by atoms with Gasteiger partial charge in [-0.3, -0.25) is 0 Å². The van der Waals surface area contributed by atoms with E-state index in [0.29, 0.717) is 35.9 Å². The fourth-order valence-electron chi connectivity index (χ4n) is 1.97. The van der Waals surface area contributed by atoms with Crippen molar-refractivity contribution < 1.29 is 14.3 Å². The summed E-state index contributed by atoms with van der Waals surface area (Å²) in [6, 6.07) is 5.25. The molecule has 0 fully saturated rings. The summed E-state index contributed by atoms with van der Waals surface area (Å²) in [5.74, 6) is 0.152. The molecule has 0 spiro atoms. The number of aromatic nitrogens is 2. The second-order valence-electron chi connectivity index (χ2n) is 4.86. The normalized spacial score (nSPS) is 10.1. The Kier molecular flexibility index (Phi) is 5.75. The first-order valence-corrected chi connectivity index (χ1v) is 7.56. The minimum absolute atomic E-state index is 0.315. The first-order chi connectivity index (χ1) is 11.2. The highest BCUT2D eigenvalue weighted by Crippen LogP contribution is 2.30. The highest BCUT2D eigenvalue weighted by molar-refractivity contribution is 5.88. The average molecular weight is 313 g/mol. The molecule has 1 heterocycles. The molecule has 120 valence electrons. The smallest absolute Gasteiger partial charge is 0.341 e. The number of esters is 1. The van der Waals surface area contributed by atoms with Crippen molar-refractivity contribution in [3.8, 4) is 11.4 Å². The van der Waals surface area contributed by atoms with Gasteiger partial charge in [-0.1, -0.05) is 13.3 Å². The summed E-state index contributed by atoms with van der Waals surface area (Å²) >= 11 is 0. The van der Waals surface area contributed by atoms with Crippen molar-refractivity contribution >= 4 is 11.7 Å². The number of hydrogen-bond acceptors (Lipinski definition) is 4. The molecule has 0 N–H and O–H groups in total. The first kappa shape index (κ1) is 16.6. The topological polar surface area (TPSA) is 57.7 Å². The van der Waals surface area contributed by atoms with Crippen LogP contribution in [-0.2, 0) is 4.74 Å². The molecular weight excluding hydrogens is 294 g/mol. The summed E-state index contributed by atoms with van der Waals surface area (Å²) in [4.78, 5) is 15.2. The predicted molar refractivity (Wildman–Crippen MR) is 86.2 cm³/mol. The van der Waals surface area contributed by atoms with Gasteiger partial charge in [0.25, 0.3) is 0 Å². The van der Waals surface area contributed by atoms with Gasteiger partial charge in [0.1, 0.15) is 5.75 Å². The summed E-state index contributed by atoms with van der Waals surface area (Å²) in [6.45, 7) is 12.0. The molecule has 0 aliphatic rings. The van der Waals surface area contributed by atoms with Gasteiger partial charge in [-0.25, -0.2) is 14.3 Å². The van der Waals surface area contributed by atoms with Crippen LogP contribution in [0.2, 0.25) is 0 Å². The Labute approximate surface area is 135 Å². The SMILES string of the molecule is [C-]#[N+]c1cc(-n2cc(C(=O)OCC)cn2)ccc1OCCCC. The quantitative estimate of drug-likeness (QED) is 0.443. The summed E-state index contributed by atoms with van der Waals surface area (Å²) < 4.78 is 12.1. The zero-order valence-electron chi connectivity index (χ0n) is 13.3. The van der Waals surface area contributed by atoms with Gasteiger partial charge in [0.2, 0.25) is 5.69 Å². The molecular formula is C17H19N3O3. The van der Waals surface area contributed by atoms with Crippen molar-refractivity contribution in [1.82, 2.24) is 9.78 Å². The van der Waals surface area contributed by atoms with E-state index in [1.54, 1.807) is 31.3 Å². The summed E-state index contributed by atoms with van der Waals surface area (Å²) in [6.07, 6.45) is 5.01. The number of nitrogens with zero attached hydrogens (tertiary/aromatic N) is 3. The summed E-state index contributed by atoms with van der Waals surface area (Å²) in [5, 5.41) is 4.14. The van der Waals surface area contributed by atoms with Gasteiger partial charge in [-0.15, -0.1) is 0 Å². The number of unbranched alkanes of at least 4 members (excludes halogenated alkanes) is 1. The van der Waals surface area contributed by atoms with Crippen LogP contribution < -0.4 is 4.74 Å². The third-order valence-corrected chi connectivity index (χ3v) is 3.18. The highest BCUT2D eigenvalue weighted by atomic mass is 16.5. The number of carbonyl (C=O) groups is 1. The van der Waals surface area contributed by atoms with Gasteiger partial charge >= 0.3 is 5.97 Å². The molecule has 0 radical (unpaired) electrons. The first-order valence-electron chi connectivity index (χ1n) is 7.56. The van der Waals surface area contributed by atoms with Gasteiger partial charge < -0.3 is 9.47 Å². The number of rotatable bonds is 7. The van der Waals surface area contributed by atoms with Crippen LogP contribution in [-0.4, -0.2) is 29.0 Å². The molecule has 2 rings (SSSR count). The van der Waals surface area contributed by atoms with E-state index in [2.05, 4.69) is 16.9 Å². The Morgan fingerprint density at radius 1 is 1.39 bits per heavy atom. The largest absolute Gasteiger partial charge is 0.505 e. The molecule has 23 heavy (non-hydrogen) atoms. The second-order valence-corrected chi connectivity index (χ2v) is 4.86. The molecule has 0 bridgehead atoms. The van der Waals surface area contributed by atoms with Crippen molar-refractivity contribution in [2.45, 2.75) is 26.7 Å². The minimum Gasteiger partial charge on any atom is -0.505 e. The highest BCUT2D eigenvalue weighted by Gasteiger charge is 2.12. The van der Waals surface area contributed by atoms with E-state index in [9.17, 15) is 4.79 Å². The Balaban J connectivity index is 2.20. The van der Waals surface area contributed by atoms with Gasteiger partial charge in [-0.2, -0.15) is 5.10 Å². The zero-order valence-corrected chi connectivity index (χ0v) is 13.3. The fraction of sp³-hybridized carbons (Fsp3) is 0.353. The second kappa shape index (κ2) is 7.99. The Bertz CT molecular complexity index is 716. The Morgan fingerprint density at radius 3 is 2.91 bits per heavy atom. The molecule has 2 aromatic rings. The fourth-order valence-corrected chi connectivity index (χ4v) is 1.97. The van der Waals surface area contributed by atoms with Crippen molar-refractivity contribution in [1.29, 1.82) is 0 Å². The third kappa shape index (κ3) is 4.10. The van der Waals surface area contributed by atoms with Crippen LogP contribution in [0.3, 0.4) is 0 Å². The maximum atomic E-state index is 11.7. The lowest BCUT2D eigenvalue weighted by atomic mass is 10.2. The maximum Gasteiger partial charge on any atom is 0.341 e. The lowest BCUT2D eigenvalue weighted by Gasteiger charge is -2.09. The number of carbonyl (C=O) groups excluding carboxylic acids is 1. The van der Waals surface area contributed by atoms with E-state index in [1.165, 1.54) is 10.9 Å². The van der Waals surface area contributed by atoms with Crippen LogP contribution in [0.1, 0.15) is 37.0 Å². The molecule has 0 amide bonds. The van der Waals surface area contributed by atoms with E-state index in [1.807, 2.05) is 0 Å². The molecule has 6 nitrogen and oxygen atoms in total. The van der Waals surface area contributed by atoms with E-state index in [-0.39, 0.29) is 0 Å². The lowest BCUT2D eigenvalue weighted by molar-refractivity contribution is 0.0526. The Morgan fingerprint density at radius 2 is 2.22 bits per heavy atom. The van der Waals surface area contributed by atoms with Crippen LogP contribution in [0.25, 0.3) is 10.5 Å². The lowest BCUT2D eigenvalue weighted by Crippen LogP contribution is -2.03. The van der Waals surface area contributed by atoms with E-state index in [0.717, 1.165) is 12.8 Å². The molecule has 1 aromatic carbocycles. The Hall–Kier alpha value is -2.81. The molecule has 0 saturated carbocycles. The molecule has 0 aliphatic carbocycles. The van der Waals surface area contributed by atoms with Crippen LogP contribution in [0.15, 0.2) is 30.6 Å². The van der Waals surface area contributed by atoms with E-state index < -0.39 is 5.97 Å². The average Bonchev–Trinajstić information content (AvgIpc) is 3.05. The van der Waals surface area contributed by atoms with Gasteiger partial charge in [-0.05, 0) is 31.5 Å².